The van der Waals surface area contributed by atoms with Gasteiger partial charge in [0, 0.05) is 5.92 Å². The molecule has 69 valence electrons. The van der Waals surface area contributed by atoms with E-state index in [1.165, 1.54) is 0 Å². The molecule has 0 aromatic rings. The molecule has 0 heterocycles. The fraction of sp³-hybridized carbons (Fsp3) is 0.400. The van der Waals surface area contributed by atoms with Gasteiger partial charge < -0.3 is 4.43 Å². The van der Waals surface area contributed by atoms with Crippen LogP contribution >= 0.6 is 0 Å². The maximum absolute atomic E-state index is 8.91. The fourth-order valence-electron chi connectivity index (χ4n) is 1.09. The van der Waals surface area contributed by atoms with Crippen molar-refractivity contribution in [3.63, 3.8) is 0 Å². The number of rotatable bonds is 3. The van der Waals surface area contributed by atoms with Crippen LogP contribution in [0.15, 0.2) is 0 Å². The second-order valence-corrected chi connectivity index (χ2v) is 8.42. The first-order valence-electron chi connectivity index (χ1n) is 4.32. The second-order valence-electron chi connectivity index (χ2n) is 3.96. The van der Waals surface area contributed by atoms with Crippen molar-refractivity contribution < 1.29 is 4.43 Å². The molecule has 0 aliphatic heterocycles. The highest BCUT2D eigenvalue weighted by atomic mass is 28.4. The molecule has 5 radical (unpaired) electrons. The Balaban J connectivity index is 2.48. The molecule has 1 aliphatic rings. The zero-order valence-corrected chi connectivity index (χ0v) is 9.24. The van der Waals surface area contributed by atoms with E-state index in [2.05, 4.69) is 25.7 Å². The number of hydrogen-bond acceptors (Lipinski definition) is 2. The molecular weight excluding hydrogens is 178 g/mol. The van der Waals surface area contributed by atoms with Crippen LogP contribution in [0.5, 0.6) is 0 Å². The van der Waals surface area contributed by atoms with Gasteiger partial charge in [-0.15, -0.1) is 0 Å². The van der Waals surface area contributed by atoms with Gasteiger partial charge in [-0.05, 0) is 45.3 Å². The van der Waals surface area contributed by atoms with Crippen molar-refractivity contribution in [1.29, 1.82) is 5.26 Å². The average Bonchev–Trinajstić information content (AvgIpc) is 2.50. The molecule has 1 atom stereocenters. The van der Waals surface area contributed by atoms with Crippen LogP contribution in [0, 0.1) is 42.9 Å². The Morgan fingerprint density at radius 3 is 2.23 bits per heavy atom. The van der Waals surface area contributed by atoms with Crippen molar-refractivity contribution in [3.8, 4) is 6.07 Å². The van der Waals surface area contributed by atoms with Crippen LogP contribution < -0.4 is 0 Å². The molecule has 0 spiro atoms. The molecule has 1 fully saturated rings. The van der Waals surface area contributed by atoms with Crippen molar-refractivity contribution in [3.05, 3.63) is 31.6 Å². The molecule has 1 rings (SSSR count). The SMILES string of the molecule is C[Si](C)(C)O[C@H](C#N)[C]1[CH][CH][CH][CH]1. The topological polar surface area (TPSA) is 33.0 Å². The molecule has 0 aromatic heterocycles. The van der Waals surface area contributed by atoms with Gasteiger partial charge in [-0.1, -0.05) is 0 Å². The third-order valence-electron chi connectivity index (χ3n) is 1.58. The lowest BCUT2D eigenvalue weighted by Gasteiger charge is -2.24. The summed E-state index contributed by atoms with van der Waals surface area (Å²) in [7, 11) is -1.62. The molecule has 0 bridgehead atoms. The Labute approximate surface area is 82.0 Å². The van der Waals surface area contributed by atoms with E-state index in [0.717, 1.165) is 5.92 Å². The first kappa shape index (κ1) is 10.7. The van der Waals surface area contributed by atoms with Gasteiger partial charge in [0.1, 0.15) is 6.10 Å². The maximum Gasteiger partial charge on any atom is 0.185 e. The average molecular weight is 192 g/mol. The van der Waals surface area contributed by atoms with E-state index in [-0.39, 0.29) is 6.10 Å². The van der Waals surface area contributed by atoms with Crippen LogP contribution in [-0.2, 0) is 4.43 Å². The lowest BCUT2D eigenvalue weighted by Crippen LogP contribution is -2.34. The number of nitriles is 1. The summed E-state index contributed by atoms with van der Waals surface area (Å²) in [5.41, 5.74) is 0. The van der Waals surface area contributed by atoms with Gasteiger partial charge in [0.2, 0.25) is 0 Å². The van der Waals surface area contributed by atoms with E-state index in [9.17, 15) is 0 Å². The summed E-state index contributed by atoms with van der Waals surface area (Å²) >= 11 is 0. The van der Waals surface area contributed by atoms with Gasteiger partial charge in [-0.3, -0.25) is 0 Å². The van der Waals surface area contributed by atoms with Crippen LogP contribution in [0.25, 0.3) is 0 Å². The molecule has 13 heavy (non-hydrogen) atoms. The van der Waals surface area contributed by atoms with E-state index < -0.39 is 8.32 Å². The molecule has 0 unspecified atom stereocenters. The summed E-state index contributed by atoms with van der Waals surface area (Å²) in [6, 6.07) is 2.17. The first-order valence-corrected chi connectivity index (χ1v) is 7.73. The molecule has 3 heteroatoms. The van der Waals surface area contributed by atoms with Crippen molar-refractivity contribution in [2.75, 3.05) is 0 Å². The minimum absolute atomic E-state index is 0.387. The highest BCUT2D eigenvalue weighted by Gasteiger charge is 2.30. The van der Waals surface area contributed by atoms with E-state index in [1.807, 2.05) is 25.7 Å². The lowest BCUT2D eigenvalue weighted by atomic mass is 10.0. The van der Waals surface area contributed by atoms with Gasteiger partial charge in [-0.25, -0.2) is 0 Å². The molecule has 0 aromatic carbocycles. The maximum atomic E-state index is 8.91. The van der Waals surface area contributed by atoms with E-state index >= 15 is 0 Å². The zero-order valence-electron chi connectivity index (χ0n) is 8.24. The molecule has 2 nitrogen and oxygen atoms in total. The van der Waals surface area contributed by atoms with Crippen molar-refractivity contribution >= 4 is 8.32 Å². The summed E-state index contributed by atoms with van der Waals surface area (Å²) < 4.78 is 5.71. The van der Waals surface area contributed by atoms with Crippen LogP contribution in [0.2, 0.25) is 19.6 Å². The fourth-order valence-corrected chi connectivity index (χ4v) is 1.98. The monoisotopic (exact) mass is 192 g/mol. The van der Waals surface area contributed by atoms with Gasteiger partial charge in [0.25, 0.3) is 0 Å². The van der Waals surface area contributed by atoms with Gasteiger partial charge in [-0.2, -0.15) is 5.26 Å². The highest BCUT2D eigenvalue weighted by Crippen LogP contribution is 2.29. The lowest BCUT2D eigenvalue weighted by molar-refractivity contribution is 0.269. The molecule has 0 saturated heterocycles. The van der Waals surface area contributed by atoms with Crippen molar-refractivity contribution in [1.82, 2.24) is 0 Å². The molecule has 1 aliphatic carbocycles. The molecule has 0 N–H and O–H groups in total. The number of nitrogens with zero attached hydrogens (tertiary/aromatic N) is 1. The predicted molar refractivity (Wildman–Crippen MR) is 54.3 cm³/mol. The summed E-state index contributed by atoms with van der Waals surface area (Å²) in [6.07, 6.45) is 7.31. The standard InChI is InChI=1S/C10H14NOSi/c1-13(2,3)12-10(8-11)9-6-4-5-7-9/h4-7,10H,1-3H3/t10-/m1/s1. The smallest absolute Gasteiger partial charge is 0.185 e. The molecule has 1 saturated carbocycles. The normalized spacial score (nSPS) is 21.4. The third-order valence-corrected chi connectivity index (χ3v) is 2.52. The summed E-state index contributed by atoms with van der Waals surface area (Å²) in [5.74, 6) is 0.963. The summed E-state index contributed by atoms with van der Waals surface area (Å²) in [4.78, 5) is 0. The Bertz CT molecular complexity index is 198. The van der Waals surface area contributed by atoms with Gasteiger partial charge in [0.15, 0.2) is 8.32 Å². The zero-order chi connectivity index (χ0) is 9.90. The van der Waals surface area contributed by atoms with Gasteiger partial charge >= 0.3 is 0 Å². The third kappa shape index (κ3) is 3.49. The van der Waals surface area contributed by atoms with E-state index in [1.54, 1.807) is 0 Å². The van der Waals surface area contributed by atoms with Crippen LogP contribution in [0.4, 0.5) is 0 Å². The van der Waals surface area contributed by atoms with Crippen LogP contribution in [0.3, 0.4) is 0 Å². The Hall–Kier alpha value is -0.333. The Morgan fingerprint density at radius 2 is 1.85 bits per heavy atom. The van der Waals surface area contributed by atoms with Crippen LogP contribution in [0.1, 0.15) is 0 Å². The molecular formula is C10H14NOSi. The van der Waals surface area contributed by atoms with E-state index in [0.29, 0.717) is 0 Å². The summed E-state index contributed by atoms with van der Waals surface area (Å²) in [5, 5.41) is 8.91. The summed E-state index contributed by atoms with van der Waals surface area (Å²) in [6.45, 7) is 6.25. The second kappa shape index (κ2) is 4.25. The quantitative estimate of drug-likeness (QED) is 0.642. The van der Waals surface area contributed by atoms with Crippen LogP contribution in [-0.4, -0.2) is 14.4 Å². The Kier molecular flexibility index (Phi) is 3.52. The minimum atomic E-state index is -1.62. The van der Waals surface area contributed by atoms with E-state index in [4.69, 9.17) is 9.69 Å². The number of hydrogen-bond donors (Lipinski definition) is 0. The first-order chi connectivity index (χ1) is 6.03. The Morgan fingerprint density at radius 1 is 1.31 bits per heavy atom. The van der Waals surface area contributed by atoms with Crippen molar-refractivity contribution in [2.24, 2.45) is 0 Å². The van der Waals surface area contributed by atoms with Crippen molar-refractivity contribution in [2.45, 2.75) is 25.7 Å². The largest absolute Gasteiger partial charge is 0.402 e. The highest BCUT2D eigenvalue weighted by molar-refractivity contribution is 6.69. The predicted octanol–water partition coefficient (Wildman–Crippen LogP) is 2.14. The van der Waals surface area contributed by atoms with Gasteiger partial charge in [0.05, 0.1) is 6.07 Å². The minimum Gasteiger partial charge on any atom is -0.402 e. The molecule has 0 amide bonds.